The summed E-state index contributed by atoms with van der Waals surface area (Å²) in [6.07, 6.45) is 0. The summed E-state index contributed by atoms with van der Waals surface area (Å²) in [5.74, 6) is 0. The van der Waals surface area contributed by atoms with Crippen molar-refractivity contribution >= 4 is 26.5 Å². The van der Waals surface area contributed by atoms with Gasteiger partial charge >= 0.3 is 0 Å². The Morgan fingerprint density at radius 1 is 0.941 bits per heavy atom. The van der Waals surface area contributed by atoms with Crippen LogP contribution in [0.25, 0.3) is 0 Å². The molecule has 3 heteroatoms. The van der Waals surface area contributed by atoms with Gasteiger partial charge in [0.1, 0.15) is 0 Å². The molecule has 17 heavy (non-hydrogen) atoms. The van der Waals surface area contributed by atoms with Gasteiger partial charge in [-0.25, -0.2) is 12.1 Å². The summed E-state index contributed by atoms with van der Waals surface area (Å²) in [5.41, 5.74) is 0. The van der Waals surface area contributed by atoms with Crippen LogP contribution in [0, 0.1) is 0 Å². The summed E-state index contributed by atoms with van der Waals surface area (Å²) >= 11 is 0. The van der Waals surface area contributed by atoms with Crippen molar-refractivity contribution in [2.45, 2.75) is 0 Å². The third kappa shape index (κ3) is 5.98. The Hall–Kier alpha value is 0.0795. The summed E-state index contributed by atoms with van der Waals surface area (Å²) in [6, 6.07) is 16.8. The van der Waals surface area contributed by atoms with Gasteiger partial charge in [-0.3, -0.25) is 0 Å². The van der Waals surface area contributed by atoms with Crippen molar-refractivity contribution in [3.8, 4) is 0 Å². The van der Waals surface area contributed by atoms with E-state index in [0.29, 0.717) is 0 Å². The van der Waals surface area contributed by atoms with Crippen LogP contribution in [0.5, 0.6) is 0 Å². The first-order chi connectivity index (χ1) is 7.63. The van der Waals surface area contributed by atoms with Gasteiger partial charge in [-0.15, -0.1) is 26.5 Å². The number of hydrogen-bond acceptors (Lipinski definition) is 0. The van der Waals surface area contributed by atoms with Crippen molar-refractivity contribution in [3.05, 3.63) is 48.5 Å². The molecule has 0 spiro atoms. The Balaban J connectivity index is 0.000000360. The fraction of sp³-hybridized carbons (Fsp3) is 0.286. The van der Waals surface area contributed by atoms with E-state index in [4.69, 9.17) is 0 Å². The predicted molar refractivity (Wildman–Crippen MR) is 80.9 cm³/mol. The molecule has 2 aromatic rings. The smallest absolute Gasteiger partial charge is 0 e. The van der Waals surface area contributed by atoms with Crippen LogP contribution in [-0.4, -0.2) is 26.7 Å². The van der Waals surface area contributed by atoms with Gasteiger partial charge in [0.05, 0.1) is 0 Å². The normalized spacial score (nSPS) is 9.76. The molecule has 0 radical (unpaired) electrons. The van der Waals surface area contributed by atoms with Gasteiger partial charge in [-0.05, 0) is 13.3 Å². The van der Waals surface area contributed by atoms with Crippen molar-refractivity contribution in [3.63, 3.8) is 0 Å². The SMILES string of the molecule is CP(C)c1ccc[c-]1P(C)C.[Fe].[cH-]1[cH-][cH-][cH-][cH-]1. The average Bonchev–Trinajstić information content (AvgIpc) is 2.92. The molecule has 0 saturated carbocycles. The molecule has 0 heterocycles. The fourth-order valence-corrected chi connectivity index (χ4v) is 4.51. The molecule has 2 rings (SSSR count). The van der Waals surface area contributed by atoms with Gasteiger partial charge in [-0.2, -0.15) is 6.07 Å². The molecule has 0 bridgehead atoms. The van der Waals surface area contributed by atoms with E-state index in [1.54, 1.807) is 10.6 Å². The van der Waals surface area contributed by atoms with Gasteiger partial charge in [0.15, 0.2) is 0 Å². The van der Waals surface area contributed by atoms with Crippen molar-refractivity contribution in [2.24, 2.45) is 0 Å². The quantitative estimate of drug-likeness (QED) is 0.452. The van der Waals surface area contributed by atoms with Crippen molar-refractivity contribution in [1.82, 2.24) is 0 Å². The monoisotopic (exact) mass is 306 g/mol. The minimum absolute atomic E-state index is 0. The van der Waals surface area contributed by atoms with E-state index < -0.39 is 0 Å². The largest absolute Gasteiger partial charge is 0.748 e. The molecule has 0 aromatic heterocycles. The summed E-state index contributed by atoms with van der Waals surface area (Å²) in [5, 5.41) is 3.22. The fourth-order valence-electron chi connectivity index (χ4n) is 1.48. The zero-order chi connectivity index (χ0) is 12.0. The van der Waals surface area contributed by atoms with E-state index in [-0.39, 0.29) is 32.9 Å². The Morgan fingerprint density at radius 3 is 1.71 bits per heavy atom. The standard InChI is InChI=1S/C9H15P2.C5H5.Fe/c1-10(2)8-6-5-7-9(8)11(3)4;1-2-4-5-3-1;/h5-7H,1-4H3;1-5H;/q-1;-5;. The van der Waals surface area contributed by atoms with Crippen LogP contribution < -0.4 is 10.6 Å². The summed E-state index contributed by atoms with van der Waals surface area (Å²) in [6.45, 7) is 9.31. The third-order valence-electron chi connectivity index (χ3n) is 2.29. The van der Waals surface area contributed by atoms with Crippen LogP contribution >= 0.6 is 15.8 Å². The van der Waals surface area contributed by atoms with E-state index in [2.05, 4.69) is 44.9 Å². The maximum atomic E-state index is 2.33. The van der Waals surface area contributed by atoms with Gasteiger partial charge in [0.2, 0.25) is 0 Å². The van der Waals surface area contributed by atoms with Crippen LogP contribution in [-0.2, 0) is 17.1 Å². The van der Waals surface area contributed by atoms with Gasteiger partial charge < -0.3 is 30.3 Å². The minimum atomic E-state index is 0. The number of rotatable bonds is 2. The topological polar surface area (TPSA) is 0 Å². The minimum Gasteiger partial charge on any atom is -0.748 e. The average molecular weight is 306 g/mol. The first-order valence-corrected chi connectivity index (χ1v) is 9.87. The van der Waals surface area contributed by atoms with Gasteiger partial charge in [0, 0.05) is 17.1 Å². The van der Waals surface area contributed by atoms with Crippen LogP contribution in [0.2, 0.25) is 0 Å². The molecule has 0 atom stereocenters. The molecule has 0 aliphatic rings. The Bertz CT molecular complexity index is 335. The van der Waals surface area contributed by atoms with E-state index >= 15 is 0 Å². The Morgan fingerprint density at radius 2 is 1.41 bits per heavy atom. The molecule has 0 N–H and O–H groups in total. The Labute approximate surface area is 119 Å². The van der Waals surface area contributed by atoms with E-state index in [9.17, 15) is 0 Å². The molecule has 100 valence electrons. The summed E-state index contributed by atoms with van der Waals surface area (Å²) in [7, 11) is 0.209. The molecule has 0 nitrogen and oxygen atoms in total. The zero-order valence-electron chi connectivity index (χ0n) is 10.9. The van der Waals surface area contributed by atoms with Gasteiger partial charge in [-0.1, -0.05) is 13.3 Å². The first kappa shape index (κ1) is 17.1. The molecule has 0 aliphatic heterocycles. The molecular weight excluding hydrogens is 286 g/mol. The maximum Gasteiger partial charge on any atom is 0 e. The summed E-state index contributed by atoms with van der Waals surface area (Å²) in [4.78, 5) is 0. The Kier molecular flexibility index (Phi) is 9.11. The molecule has 0 fully saturated rings. The molecule has 0 unspecified atom stereocenters. The maximum absolute atomic E-state index is 2.33. The first-order valence-electron chi connectivity index (χ1n) is 5.40. The van der Waals surface area contributed by atoms with Crippen molar-refractivity contribution in [1.29, 1.82) is 0 Å². The zero-order valence-corrected chi connectivity index (χ0v) is 13.8. The van der Waals surface area contributed by atoms with Crippen LogP contribution in [0.15, 0.2) is 48.5 Å². The second-order valence-corrected chi connectivity index (χ2v) is 8.59. The predicted octanol–water partition coefficient (Wildman–Crippen LogP) is 3.54. The summed E-state index contributed by atoms with van der Waals surface area (Å²) < 4.78 is 0. The number of hydrogen-bond donors (Lipinski definition) is 0. The van der Waals surface area contributed by atoms with E-state index in [1.807, 2.05) is 30.3 Å². The molecule has 0 saturated heterocycles. The van der Waals surface area contributed by atoms with Crippen LogP contribution in [0.4, 0.5) is 0 Å². The molecule has 0 aliphatic carbocycles. The molecular formula is C14H20FeP2-6. The van der Waals surface area contributed by atoms with Crippen molar-refractivity contribution < 1.29 is 17.1 Å². The van der Waals surface area contributed by atoms with Crippen molar-refractivity contribution in [2.75, 3.05) is 26.7 Å². The van der Waals surface area contributed by atoms with E-state index in [1.165, 1.54) is 0 Å². The van der Waals surface area contributed by atoms with Gasteiger partial charge in [0.25, 0.3) is 0 Å². The molecule has 2 aromatic carbocycles. The van der Waals surface area contributed by atoms with Crippen LogP contribution in [0.1, 0.15) is 0 Å². The second-order valence-electron chi connectivity index (χ2n) is 4.05. The van der Waals surface area contributed by atoms with Crippen LogP contribution in [0.3, 0.4) is 0 Å². The second kappa shape index (κ2) is 9.07. The third-order valence-corrected chi connectivity index (χ3v) is 5.17. The molecule has 0 amide bonds. The van der Waals surface area contributed by atoms with E-state index in [0.717, 1.165) is 0 Å².